The van der Waals surface area contributed by atoms with E-state index in [2.05, 4.69) is 160 Å². The number of aromatic nitrogens is 3. The molecule has 0 amide bonds. The number of benzene rings is 2. The first-order valence-corrected chi connectivity index (χ1v) is 28.7. The first kappa shape index (κ1) is 45.5. The molecule has 14 rings (SSSR count). The lowest BCUT2D eigenvalue weighted by molar-refractivity contribution is 0.141. The minimum absolute atomic E-state index is 0.0872. The van der Waals surface area contributed by atoms with Crippen molar-refractivity contribution in [3.63, 3.8) is 0 Å². The van der Waals surface area contributed by atoms with Gasteiger partial charge in [0.2, 0.25) is 0 Å². The van der Waals surface area contributed by atoms with Crippen molar-refractivity contribution >= 4 is 57.6 Å². The highest BCUT2D eigenvalue weighted by Crippen LogP contribution is 2.50. The third kappa shape index (κ3) is 7.70. The lowest BCUT2D eigenvalue weighted by Gasteiger charge is -2.44. The second kappa shape index (κ2) is 18.7. The molecule has 1 fully saturated rings. The highest BCUT2D eigenvalue weighted by atomic mass is 15.3. The maximum atomic E-state index is 11.8. The van der Waals surface area contributed by atoms with Crippen LogP contribution in [0.2, 0.25) is 0 Å². The molecule has 3 aromatic heterocycles. The molecule has 0 spiro atoms. The van der Waals surface area contributed by atoms with Gasteiger partial charge in [-0.3, -0.25) is 5.32 Å². The highest BCUT2D eigenvalue weighted by molar-refractivity contribution is 6.13. The molecule has 7 nitrogen and oxygen atoms in total. The van der Waals surface area contributed by atoms with Crippen LogP contribution in [0.25, 0.3) is 51.8 Å². The Morgan fingerprint density at radius 3 is 2.34 bits per heavy atom. The fourth-order valence-electron chi connectivity index (χ4n) is 15.8. The van der Waals surface area contributed by atoms with Gasteiger partial charge in [-0.15, -0.1) is 0 Å². The van der Waals surface area contributed by atoms with E-state index in [-0.39, 0.29) is 30.2 Å². The van der Waals surface area contributed by atoms with Crippen molar-refractivity contribution in [3.05, 3.63) is 147 Å². The molecule has 2 aromatic carbocycles. The van der Waals surface area contributed by atoms with Gasteiger partial charge in [0.05, 0.1) is 41.1 Å². The van der Waals surface area contributed by atoms with E-state index in [1.165, 1.54) is 135 Å². The van der Waals surface area contributed by atoms with Crippen LogP contribution < -0.4 is 10.6 Å². The fraction of sp³-hybridized carbons (Fsp3) is 0.455. The maximum Gasteiger partial charge on any atom is 0.129 e. The molecule has 10 atom stereocenters. The van der Waals surface area contributed by atoms with Crippen molar-refractivity contribution in [2.75, 3.05) is 0 Å². The van der Waals surface area contributed by atoms with Gasteiger partial charge >= 0.3 is 0 Å². The van der Waals surface area contributed by atoms with E-state index in [9.17, 15) is 5.26 Å². The number of amidine groups is 1. The molecule has 9 aliphatic rings. The summed E-state index contributed by atoms with van der Waals surface area (Å²) >= 11 is 0. The average Bonchev–Trinajstić information content (AvgIpc) is 4.08. The van der Waals surface area contributed by atoms with Crippen LogP contribution >= 0.6 is 0 Å². The molecule has 5 aromatic rings. The summed E-state index contributed by atoms with van der Waals surface area (Å²) in [4.78, 5) is 5.80. The number of rotatable bonds is 7. The number of fused-ring (bicyclic) bond motifs is 10. The minimum Gasteiger partial charge on any atom is -0.358 e. The Morgan fingerprint density at radius 1 is 0.726 bits per heavy atom. The molecule has 10 unspecified atom stereocenters. The van der Waals surface area contributed by atoms with E-state index in [0.29, 0.717) is 24.3 Å². The number of nitriles is 1. The Morgan fingerprint density at radius 2 is 1.53 bits per heavy atom. The van der Waals surface area contributed by atoms with Crippen molar-refractivity contribution in [1.82, 2.24) is 24.3 Å². The summed E-state index contributed by atoms with van der Waals surface area (Å²) in [6, 6.07) is 19.2. The van der Waals surface area contributed by atoms with Gasteiger partial charge in [0, 0.05) is 56.4 Å². The Hall–Kier alpha value is -6.10. The molecule has 0 radical (unpaired) electrons. The van der Waals surface area contributed by atoms with Crippen LogP contribution in [0.3, 0.4) is 0 Å². The summed E-state index contributed by atoms with van der Waals surface area (Å²) in [6.45, 7) is 4.69. The standard InChI is InChI=1S/C66H73N7/c1-41-29-32-57-52(35-41)53-36-42(2)30-33-58(53)72(57)61-39-60(73-56-28-15-13-26-51(56)62-59(73)34-31-50-49-25-12-14-27-55(49)71(63(50)62)48-23-10-5-11-24-48)47(40-67)38-54(61)66-69-64(44-19-8-4-9-20-44)68-65(70-66)46-22-16-21-45(37-46)43-17-6-3-7-18-43/h3-6,8-10,12-13,19-20,25-26,29,31-32,34,36,39,41,43,45-48,54,60,64-65,68H,7,11,14-18,21-24,27-28,30,33,35,37-38H2,1-2H3,(H,69,70). The molecule has 8 aliphatic carbocycles. The number of nitrogens with one attached hydrogen (secondary N) is 2. The minimum atomic E-state index is -0.271. The molecule has 2 N–H and O–H groups in total. The predicted molar refractivity (Wildman–Crippen MR) is 302 cm³/mol. The zero-order valence-electron chi connectivity index (χ0n) is 43.2. The van der Waals surface area contributed by atoms with Gasteiger partial charge in [-0.1, -0.05) is 122 Å². The van der Waals surface area contributed by atoms with Gasteiger partial charge < -0.3 is 19.0 Å². The second-order valence-corrected chi connectivity index (χ2v) is 23.7. The largest absolute Gasteiger partial charge is 0.358 e. The van der Waals surface area contributed by atoms with Gasteiger partial charge in [-0.25, -0.2) is 4.99 Å². The number of hydrogen-bond acceptors (Lipinski definition) is 4. The van der Waals surface area contributed by atoms with E-state index >= 15 is 0 Å². The normalized spacial score (nSPS) is 30.5. The molecular weight excluding hydrogens is 891 g/mol. The zero-order chi connectivity index (χ0) is 48.7. The van der Waals surface area contributed by atoms with Gasteiger partial charge in [0.1, 0.15) is 12.0 Å². The van der Waals surface area contributed by atoms with Crippen molar-refractivity contribution in [2.24, 2.45) is 40.5 Å². The molecule has 1 aliphatic heterocycles. The van der Waals surface area contributed by atoms with E-state index in [4.69, 9.17) is 4.99 Å². The van der Waals surface area contributed by atoms with Crippen LogP contribution in [0.5, 0.6) is 0 Å². The van der Waals surface area contributed by atoms with Gasteiger partial charge in [0.15, 0.2) is 0 Å². The van der Waals surface area contributed by atoms with Crippen LogP contribution in [0.4, 0.5) is 0 Å². The van der Waals surface area contributed by atoms with Crippen LogP contribution in [0.15, 0.2) is 102 Å². The quantitative estimate of drug-likeness (QED) is 0.160. The molecule has 7 heteroatoms. The summed E-state index contributed by atoms with van der Waals surface area (Å²) in [6.07, 6.45) is 49.4. The third-order valence-electron chi connectivity index (χ3n) is 19.3. The van der Waals surface area contributed by atoms with Crippen molar-refractivity contribution in [2.45, 2.75) is 154 Å². The first-order valence-electron chi connectivity index (χ1n) is 28.7. The lowest BCUT2D eigenvalue weighted by Crippen LogP contribution is -2.57. The van der Waals surface area contributed by atoms with Crippen LogP contribution in [0, 0.1) is 46.8 Å². The Labute approximate surface area is 432 Å². The summed E-state index contributed by atoms with van der Waals surface area (Å²) in [7, 11) is 0. The van der Waals surface area contributed by atoms with Gasteiger partial charge in [0.25, 0.3) is 0 Å². The van der Waals surface area contributed by atoms with E-state index in [1.807, 2.05) is 0 Å². The summed E-state index contributed by atoms with van der Waals surface area (Å²) in [5, 5.41) is 22.9. The topological polar surface area (TPSA) is 75.0 Å². The van der Waals surface area contributed by atoms with Crippen LogP contribution in [-0.2, 0) is 25.7 Å². The van der Waals surface area contributed by atoms with E-state index < -0.39 is 0 Å². The second-order valence-electron chi connectivity index (χ2n) is 23.7. The van der Waals surface area contributed by atoms with Crippen molar-refractivity contribution in [1.29, 1.82) is 5.26 Å². The first-order chi connectivity index (χ1) is 36.0. The smallest absolute Gasteiger partial charge is 0.129 e. The average molecular weight is 964 g/mol. The van der Waals surface area contributed by atoms with Crippen molar-refractivity contribution < 1.29 is 0 Å². The van der Waals surface area contributed by atoms with E-state index in [0.717, 1.165) is 75.5 Å². The predicted octanol–water partition coefficient (Wildman–Crippen LogP) is 15.2. The summed E-state index contributed by atoms with van der Waals surface area (Å²) in [5.41, 5.74) is 18.0. The maximum absolute atomic E-state index is 11.8. The number of nitrogens with zero attached hydrogens (tertiary/aromatic N) is 5. The monoisotopic (exact) mass is 964 g/mol. The Kier molecular flexibility index (Phi) is 11.6. The molecule has 0 bridgehead atoms. The Balaban J connectivity index is 0.969. The molecule has 0 saturated heterocycles. The van der Waals surface area contributed by atoms with Crippen molar-refractivity contribution in [3.8, 4) is 6.07 Å². The molecule has 73 heavy (non-hydrogen) atoms. The zero-order valence-corrected chi connectivity index (χ0v) is 43.2. The Bertz CT molecular complexity index is 3310. The van der Waals surface area contributed by atoms with Gasteiger partial charge in [-0.05, 0) is 168 Å². The third-order valence-corrected chi connectivity index (χ3v) is 19.3. The fourth-order valence-corrected chi connectivity index (χ4v) is 15.8. The molecular formula is C66H73N7. The van der Waals surface area contributed by atoms with Gasteiger partial charge in [-0.2, -0.15) is 5.26 Å². The highest BCUT2D eigenvalue weighted by Gasteiger charge is 2.44. The SMILES string of the molecule is CC1=Cc2c3c(n(C4=CC(n5c6c(c7c8c(ccc75)c5c(n8C7CC=CCC7)CCC=C5)C=CCC6)C(C#N)CC4C4=NC(c5ccccc5)NC(C5CCCC(C6CC=CCC6)C5)N4)c2CC1)C=CC(C)C3. The molecule has 372 valence electrons. The van der Waals surface area contributed by atoms with Crippen LogP contribution in [0.1, 0.15) is 173 Å². The number of hydrogen-bond donors (Lipinski definition) is 2. The van der Waals surface area contributed by atoms with E-state index in [1.54, 1.807) is 0 Å². The summed E-state index contributed by atoms with van der Waals surface area (Å²) < 4.78 is 8.20. The number of allylic oxidation sites excluding steroid dienone is 9. The molecule has 4 heterocycles. The van der Waals surface area contributed by atoms with Crippen LogP contribution in [-0.4, -0.2) is 25.7 Å². The lowest BCUT2D eigenvalue weighted by atomic mass is 9.70. The summed E-state index contributed by atoms with van der Waals surface area (Å²) in [5.74, 6) is 3.20. The number of aliphatic imine (C=N–C) groups is 1. The molecule has 1 saturated carbocycles.